The number of hydrogen-bond donors (Lipinski definition) is 3. The van der Waals surface area contributed by atoms with Crippen molar-refractivity contribution >= 4 is 11.7 Å². The highest BCUT2D eigenvalue weighted by atomic mass is 16.3. The number of anilines is 1. The standard InChI is InChI=1S/C20H20N4O2/c1-24-10-9-21-19(24)14-6-4-7-15(11-14)22-20(26)23-18-16-8-3-2-5-13(16)12-17(18)25/h2-11,17-18,25H,12H2,1H3,(H2,22,23,26). The number of hydrogen-bond acceptors (Lipinski definition) is 3. The summed E-state index contributed by atoms with van der Waals surface area (Å²) in [6, 6.07) is 14.6. The summed E-state index contributed by atoms with van der Waals surface area (Å²) in [4.78, 5) is 16.8. The second-order valence-electron chi connectivity index (χ2n) is 6.49. The lowest BCUT2D eigenvalue weighted by Gasteiger charge is -2.18. The van der Waals surface area contributed by atoms with Gasteiger partial charge in [-0.2, -0.15) is 0 Å². The Morgan fingerprint density at radius 2 is 2.08 bits per heavy atom. The molecule has 1 heterocycles. The van der Waals surface area contributed by atoms with Crippen LogP contribution < -0.4 is 10.6 Å². The van der Waals surface area contributed by atoms with E-state index in [-0.39, 0.29) is 6.03 Å². The molecule has 6 heteroatoms. The number of aromatic nitrogens is 2. The molecule has 1 aromatic heterocycles. The maximum absolute atomic E-state index is 12.4. The molecule has 2 amide bonds. The maximum atomic E-state index is 12.4. The molecule has 0 radical (unpaired) electrons. The Hall–Kier alpha value is -3.12. The molecule has 2 unspecified atom stereocenters. The highest BCUT2D eigenvalue weighted by Gasteiger charge is 2.31. The van der Waals surface area contributed by atoms with Gasteiger partial charge in [0, 0.05) is 37.1 Å². The quantitative estimate of drug-likeness (QED) is 0.681. The first-order valence-corrected chi connectivity index (χ1v) is 8.53. The monoisotopic (exact) mass is 348 g/mol. The molecule has 3 aromatic rings. The number of rotatable bonds is 3. The Bertz CT molecular complexity index is 950. The first-order chi connectivity index (χ1) is 12.6. The number of fused-ring (bicyclic) bond motifs is 1. The smallest absolute Gasteiger partial charge is 0.319 e. The molecule has 0 bridgehead atoms. The maximum Gasteiger partial charge on any atom is 0.319 e. The van der Waals surface area contributed by atoms with Gasteiger partial charge in [-0.05, 0) is 23.3 Å². The predicted octanol–water partition coefficient (Wildman–Crippen LogP) is 2.87. The van der Waals surface area contributed by atoms with E-state index in [2.05, 4.69) is 15.6 Å². The SMILES string of the molecule is Cn1ccnc1-c1cccc(NC(=O)NC2c3ccccc3CC2O)c1. The van der Waals surface area contributed by atoms with E-state index < -0.39 is 12.1 Å². The third-order valence-electron chi connectivity index (χ3n) is 4.69. The van der Waals surface area contributed by atoms with Crippen LogP contribution >= 0.6 is 0 Å². The second-order valence-corrected chi connectivity index (χ2v) is 6.49. The lowest BCUT2D eigenvalue weighted by Crippen LogP contribution is -2.36. The van der Waals surface area contributed by atoms with Crippen LogP contribution in [0.1, 0.15) is 17.2 Å². The van der Waals surface area contributed by atoms with Crippen LogP contribution in [0.15, 0.2) is 60.9 Å². The summed E-state index contributed by atoms with van der Waals surface area (Å²) < 4.78 is 1.92. The van der Waals surface area contributed by atoms with Crippen LogP contribution in [-0.4, -0.2) is 26.8 Å². The summed E-state index contributed by atoms with van der Waals surface area (Å²) in [7, 11) is 1.92. The van der Waals surface area contributed by atoms with E-state index in [1.807, 2.05) is 66.3 Å². The van der Waals surface area contributed by atoms with E-state index in [1.165, 1.54) is 0 Å². The van der Waals surface area contributed by atoms with Crippen molar-refractivity contribution in [2.75, 3.05) is 5.32 Å². The number of benzene rings is 2. The van der Waals surface area contributed by atoms with Gasteiger partial charge in [-0.15, -0.1) is 0 Å². The summed E-state index contributed by atoms with van der Waals surface area (Å²) in [5, 5.41) is 16.0. The number of aryl methyl sites for hydroxylation is 1. The van der Waals surface area contributed by atoms with E-state index in [1.54, 1.807) is 6.20 Å². The number of urea groups is 1. The van der Waals surface area contributed by atoms with E-state index in [4.69, 9.17) is 0 Å². The Morgan fingerprint density at radius 3 is 2.88 bits per heavy atom. The zero-order chi connectivity index (χ0) is 18.1. The number of aliphatic hydroxyl groups is 1. The van der Waals surface area contributed by atoms with Gasteiger partial charge in [0.05, 0.1) is 12.1 Å². The van der Waals surface area contributed by atoms with Gasteiger partial charge in [-0.3, -0.25) is 0 Å². The minimum absolute atomic E-state index is 0.345. The molecule has 2 atom stereocenters. The van der Waals surface area contributed by atoms with Crippen molar-refractivity contribution < 1.29 is 9.90 Å². The molecule has 0 saturated heterocycles. The topological polar surface area (TPSA) is 79.2 Å². The number of carbonyl (C=O) groups excluding carboxylic acids is 1. The first-order valence-electron chi connectivity index (χ1n) is 8.53. The van der Waals surface area contributed by atoms with E-state index in [9.17, 15) is 9.90 Å². The van der Waals surface area contributed by atoms with Crippen molar-refractivity contribution in [2.45, 2.75) is 18.6 Å². The molecular weight excluding hydrogens is 328 g/mol. The number of aliphatic hydroxyl groups excluding tert-OH is 1. The van der Waals surface area contributed by atoms with Crippen LogP contribution in [0.3, 0.4) is 0 Å². The average molecular weight is 348 g/mol. The number of amides is 2. The fourth-order valence-corrected chi connectivity index (χ4v) is 3.44. The third kappa shape index (κ3) is 3.07. The van der Waals surface area contributed by atoms with Crippen molar-refractivity contribution in [1.82, 2.24) is 14.9 Å². The van der Waals surface area contributed by atoms with Gasteiger partial charge >= 0.3 is 6.03 Å². The number of imidazole rings is 1. The Kier molecular flexibility index (Phi) is 4.18. The van der Waals surface area contributed by atoms with Gasteiger partial charge < -0.3 is 20.3 Å². The summed E-state index contributed by atoms with van der Waals surface area (Å²) in [6.07, 6.45) is 3.55. The van der Waals surface area contributed by atoms with Crippen LogP contribution in [0.25, 0.3) is 11.4 Å². The lowest BCUT2D eigenvalue weighted by atomic mass is 10.1. The predicted molar refractivity (Wildman–Crippen MR) is 99.7 cm³/mol. The molecule has 0 fully saturated rings. The number of nitrogens with one attached hydrogen (secondary N) is 2. The van der Waals surface area contributed by atoms with Crippen LogP contribution in [0, 0.1) is 0 Å². The Labute approximate surface area is 151 Å². The lowest BCUT2D eigenvalue weighted by molar-refractivity contribution is 0.144. The molecule has 0 spiro atoms. The van der Waals surface area contributed by atoms with E-state index >= 15 is 0 Å². The molecule has 132 valence electrons. The normalized spacial score (nSPS) is 18.4. The molecule has 0 saturated carbocycles. The van der Waals surface area contributed by atoms with Gasteiger partial charge in [-0.25, -0.2) is 9.78 Å². The average Bonchev–Trinajstić information content (AvgIpc) is 3.19. The van der Waals surface area contributed by atoms with Gasteiger partial charge in [0.1, 0.15) is 5.82 Å². The molecule has 2 aromatic carbocycles. The molecule has 4 rings (SSSR count). The van der Waals surface area contributed by atoms with Gasteiger partial charge in [-0.1, -0.05) is 36.4 Å². The zero-order valence-electron chi connectivity index (χ0n) is 14.4. The molecule has 0 aliphatic heterocycles. The number of nitrogens with zero attached hydrogens (tertiary/aromatic N) is 2. The van der Waals surface area contributed by atoms with E-state index in [0.29, 0.717) is 12.1 Å². The van der Waals surface area contributed by atoms with Crippen LogP contribution in [-0.2, 0) is 13.5 Å². The fraction of sp³-hybridized carbons (Fsp3) is 0.200. The molecule has 1 aliphatic rings. The van der Waals surface area contributed by atoms with Gasteiger partial charge in [0.2, 0.25) is 0 Å². The van der Waals surface area contributed by atoms with Crippen molar-refractivity contribution in [1.29, 1.82) is 0 Å². The fourth-order valence-electron chi connectivity index (χ4n) is 3.44. The van der Waals surface area contributed by atoms with Crippen LogP contribution in [0.5, 0.6) is 0 Å². The third-order valence-corrected chi connectivity index (χ3v) is 4.69. The van der Waals surface area contributed by atoms with Gasteiger partial charge in [0.25, 0.3) is 0 Å². The number of carbonyl (C=O) groups is 1. The molecule has 26 heavy (non-hydrogen) atoms. The summed E-state index contributed by atoms with van der Waals surface area (Å²) in [5.41, 5.74) is 3.63. The Balaban J connectivity index is 1.48. The van der Waals surface area contributed by atoms with Crippen molar-refractivity contribution in [3.63, 3.8) is 0 Å². The van der Waals surface area contributed by atoms with Crippen LogP contribution in [0.4, 0.5) is 10.5 Å². The molecule has 3 N–H and O–H groups in total. The van der Waals surface area contributed by atoms with Crippen molar-refractivity contribution in [3.8, 4) is 11.4 Å². The molecular formula is C20H20N4O2. The van der Waals surface area contributed by atoms with Gasteiger partial charge in [0.15, 0.2) is 0 Å². The van der Waals surface area contributed by atoms with Crippen LogP contribution in [0.2, 0.25) is 0 Å². The highest BCUT2D eigenvalue weighted by Crippen LogP contribution is 2.31. The second kappa shape index (κ2) is 6.65. The molecule has 6 nitrogen and oxygen atoms in total. The van der Waals surface area contributed by atoms with Crippen molar-refractivity contribution in [3.05, 3.63) is 72.1 Å². The van der Waals surface area contributed by atoms with Crippen molar-refractivity contribution in [2.24, 2.45) is 7.05 Å². The zero-order valence-corrected chi connectivity index (χ0v) is 14.4. The minimum atomic E-state index is -0.614. The minimum Gasteiger partial charge on any atom is -0.390 e. The largest absolute Gasteiger partial charge is 0.390 e. The summed E-state index contributed by atoms with van der Waals surface area (Å²) in [5.74, 6) is 0.828. The van der Waals surface area contributed by atoms with E-state index in [0.717, 1.165) is 22.5 Å². The summed E-state index contributed by atoms with van der Waals surface area (Å²) in [6.45, 7) is 0. The molecule has 1 aliphatic carbocycles. The first kappa shape index (κ1) is 16.4. The summed E-state index contributed by atoms with van der Waals surface area (Å²) >= 11 is 0. The Morgan fingerprint density at radius 1 is 1.23 bits per heavy atom. The highest BCUT2D eigenvalue weighted by molar-refractivity contribution is 5.90.